The number of H-pyrrole nitrogens is 1. The van der Waals surface area contributed by atoms with Crippen LogP contribution in [0.25, 0.3) is 5.69 Å². The predicted octanol–water partition coefficient (Wildman–Crippen LogP) is 0.153. The third-order valence-electron chi connectivity index (χ3n) is 3.14. The van der Waals surface area contributed by atoms with Gasteiger partial charge >= 0.3 is 11.3 Å². The number of aromatic amines is 1. The van der Waals surface area contributed by atoms with Gasteiger partial charge in [-0.05, 0) is 34.2 Å². The molecule has 3 aromatic rings. The molecule has 1 aromatic carbocycles. The lowest BCUT2D eigenvalue weighted by Gasteiger charge is -2.03. The van der Waals surface area contributed by atoms with Crippen LogP contribution in [0.5, 0.6) is 5.75 Å². The SMILES string of the molecule is COc1ccc(-[n+]2[nH]oc(=O)c2C([O-])=NCc2ccco2)cc1. The van der Waals surface area contributed by atoms with E-state index in [4.69, 9.17) is 13.7 Å². The van der Waals surface area contributed by atoms with Crippen molar-refractivity contribution in [2.45, 2.75) is 6.54 Å². The molecule has 0 aliphatic rings. The van der Waals surface area contributed by atoms with E-state index in [1.807, 2.05) is 0 Å². The number of furan rings is 1. The summed E-state index contributed by atoms with van der Waals surface area (Å²) >= 11 is 0. The number of rotatable bonds is 5. The van der Waals surface area contributed by atoms with Crippen LogP contribution in [0.4, 0.5) is 0 Å². The molecule has 0 radical (unpaired) electrons. The van der Waals surface area contributed by atoms with Gasteiger partial charge in [-0.2, -0.15) is 0 Å². The second-order valence-corrected chi connectivity index (χ2v) is 4.56. The molecule has 0 spiro atoms. The van der Waals surface area contributed by atoms with E-state index in [0.717, 1.165) is 0 Å². The van der Waals surface area contributed by atoms with Gasteiger partial charge in [-0.25, -0.2) is 4.79 Å². The minimum absolute atomic E-state index is 0.0407. The number of nitrogens with zero attached hydrogens (tertiary/aromatic N) is 2. The first-order valence-electron chi connectivity index (χ1n) is 6.71. The van der Waals surface area contributed by atoms with Gasteiger partial charge in [-0.3, -0.25) is 9.52 Å². The van der Waals surface area contributed by atoms with Gasteiger partial charge in [0.15, 0.2) is 0 Å². The van der Waals surface area contributed by atoms with Crippen LogP contribution < -0.4 is 20.2 Å². The van der Waals surface area contributed by atoms with Crippen molar-refractivity contribution in [2.24, 2.45) is 4.99 Å². The fourth-order valence-corrected chi connectivity index (χ4v) is 2.00. The van der Waals surface area contributed by atoms with Gasteiger partial charge in [-0.15, -0.1) is 0 Å². The first-order valence-corrected chi connectivity index (χ1v) is 6.71. The Bertz CT molecular complexity index is 859. The molecule has 0 unspecified atom stereocenters. The molecule has 0 amide bonds. The van der Waals surface area contributed by atoms with E-state index >= 15 is 0 Å². The lowest BCUT2D eigenvalue weighted by atomic mass is 10.3. The third-order valence-corrected chi connectivity index (χ3v) is 3.14. The van der Waals surface area contributed by atoms with E-state index in [2.05, 4.69) is 10.3 Å². The number of aliphatic imine (C=N–C) groups is 1. The normalized spacial score (nSPS) is 11.6. The highest BCUT2D eigenvalue weighted by Crippen LogP contribution is 2.11. The van der Waals surface area contributed by atoms with E-state index in [1.54, 1.807) is 43.5 Å². The van der Waals surface area contributed by atoms with Crippen LogP contribution in [0.1, 0.15) is 11.5 Å². The Morgan fingerprint density at radius 2 is 2.13 bits per heavy atom. The molecule has 0 bridgehead atoms. The Labute approximate surface area is 130 Å². The van der Waals surface area contributed by atoms with Crippen LogP contribution in [-0.2, 0) is 6.54 Å². The van der Waals surface area contributed by atoms with Crippen LogP contribution in [0.2, 0.25) is 0 Å². The molecular weight excluding hydrogens is 302 g/mol. The fourth-order valence-electron chi connectivity index (χ4n) is 2.00. The average molecular weight is 315 g/mol. The molecule has 118 valence electrons. The summed E-state index contributed by atoms with van der Waals surface area (Å²) < 4.78 is 16.1. The third kappa shape index (κ3) is 3.00. The summed E-state index contributed by atoms with van der Waals surface area (Å²) in [5, 5.41) is 14.6. The zero-order chi connectivity index (χ0) is 16.2. The Morgan fingerprint density at radius 3 is 2.78 bits per heavy atom. The molecule has 0 fully saturated rings. The summed E-state index contributed by atoms with van der Waals surface area (Å²) in [5.74, 6) is 0.470. The van der Waals surface area contributed by atoms with Crippen LogP contribution >= 0.6 is 0 Å². The van der Waals surface area contributed by atoms with Crippen molar-refractivity contribution < 1.29 is 23.5 Å². The molecule has 0 saturated carbocycles. The lowest BCUT2D eigenvalue weighted by Crippen LogP contribution is -2.44. The summed E-state index contributed by atoms with van der Waals surface area (Å²) in [6.07, 6.45) is 1.48. The molecule has 2 heterocycles. The maximum Gasteiger partial charge on any atom is 0.436 e. The summed E-state index contributed by atoms with van der Waals surface area (Å²) in [6, 6.07) is 10.1. The van der Waals surface area contributed by atoms with Crippen molar-refractivity contribution in [2.75, 3.05) is 7.11 Å². The molecule has 0 atom stereocenters. The Kier molecular flexibility index (Phi) is 3.96. The molecule has 0 aliphatic heterocycles. The quantitative estimate of drug-likeness (QED) is 0.410. The van der Waals surface area contributed by atoms with Crippen molar-refractivity contribution in [1.82, 2.24) is 5.27 Å². The zero-order valence-electron chi connectivity index (χ0n) is 12.2. The number of methoxy groups -OCH3 is 1. The zero-order valence-corrected chi connectivity index (χ0v) is 12.2. The molecule has 2 aromatic heterocycles. The number of nitrogens with one attached hydrogen (secondary N) is 1. The molecule has 0 saturated heterocycles. The number of aromatic nitrogens is 2. The summed E-state index contributed by atoms with van der Waals surface area (Å²) in [6.45, 7) is 0.0407. The predicted molar refractivity (Wildman–Crippen MR) is 76.4 cm³/mol. The van der Waals surface area contributed by atoms with Gasteiger partial charge < -0.3 is 14.3 Å². The molecule has 23 heavy (non-hydrogen) atoms. The lowest BCUT2D eigenvalue weighted by molar-refractivity contribution is -0.673. The Morgan fingerprint density at radius 1 is 1.35 bits per heavy atom. The van der Waals surface area contributed by atoms with E-state index < -0.39 is 11.5 Å². The average Bonchev–Trinajstić information content (AvgIpc) is 3.22. The summed E-state index contributed by atoms with van der Waals surface area (Å²) in [4.78, 5) is 15.6. The molecule has 0 aliphatic carbocycles. The second kappa shape index (κ2) is 6.22. The van der Waals surface area contributed by atoms with Gasteiger partial charge in [0.1, 0.15) is 11.5 Å². The second-order valence-electron chi connectivity index (χ2n) is 4.56. The van der Waals surface area contributed by atoms with E-state index in [-0.39, 0.29) is 12.2 Å². The van der Waals surface area contributed by atoms with Crippen LogP contribution in [-0.4, -0.2) is 18.3 Å². The standard InChI is InChI=1S/C15H13N3O5/c1-21-11-6-4-10(5-7-11)18-13(15(20)23-17-18)14(19)16-9-12-3-2-8-22-12/h2-8H,9H2,1H3,(H-,16,17,19,20). The Balaban J connectivity index is 1.94. The fraction of sp³-hybridized carbons (Fsp3) is 0.133. The molecule has 3 rings (SSSR count). The topological polar surface area (TPSA) is 108 Å². The van der Waals surface area contributed by atoms with Gasteiger partial charge in [0.25, 0.3) is 0 Å². The minimum atomic E-state index is -0.797. The van der Waals surface area contributed by atoms with Crippen molar-refractivity contribution in [3.05, 3.63) is 64.5 Å². The van der Waals surface area contributed by atoms with Gasteiger partial charge in [-0.1, -0.05) is 0 Å². The van der Waals surface area contributed by atoms with E-state index in [1.165, 1.54) is 10.9 Å². The molecular formula is C15H13N3O5. The van der Waals surface area contributed by atoms with Crippen molar-refractivity contribution in [3.8, 4) is 11.4 Å². The smallest absolute Gasteiger partial charge is 0.436 e. The summed E-state index contributed by atoms with van der Waals surface area (Å²) in [5.41, 5.74) is -0.482. The summed E-state index contributed by atoms with van der Waals surface area (Å²) in [7, 11) is 1.55. The molecule has 8 heteroatoms. The highest BCUT2D eigenvalue weighted by atomic mass is 16.5. The first kappa shape index (κ1) is 14.6. The first-order chi connectivity index (χ1) is 11.2. The molecule has 8 nitrogen and oxygen atoms in total. The van der Waals surface area contributed by atoms with Crippen LogP contribution in [0.15, 0.2) is 61.4 Å². The largest absolute Gasteiger partial charge is 0.854 e. The maximum absolute atomic E-state index is 12.2. The maximum atomic E-state index is 12.2. The number of hydrogen-bond donors (Lipinski definition) is 1. The van der Waals surface area contributed by atoms with Crippen LogP contribution in [0, 0.1) is 0 Å². The van der Waals surface area contributed by atoms with E-state index in [0.29, 0.717) is 17.2 Å². The Hall–Kier alpha value is -3.29. The van der Waals surface area contributed by atoms with Crippen molar-refractivity contribution >= 4 is 5.90 Å². The number of ether oxygens (including phenoxy) is 1. The monoisotopic (exact) mass is 315 g/mol. The van der Waals surface area contributed by atoms with Crippen LogP contribution in [0.3, 0.4) is 0 Å². The van der Waals surface area contributed by atoms with Crippen molar-refractivity contribution in [3.63, 3.8) is 0 Å². The highest BCUT2D eigenvalue weighted by molar-refractivity contribution is 5.86. The van der Waals surface area contributed by atoms with Gasteiger partial charge in [0.2, 0.25) is 5.69 Å². The highest BCUT2D eigenvalue weighted by Gasteiger charge is 2.23. The number of benzene rings is 1. The van der Waals surface area contributed by atoms with Gasteiger partial charge in [0.05, 0.1) is 25.8 Å². The molecule has 1 N–H and O–H groups in total. The minimum Gasteiger partial charge on any atom is -0.854 e. The number of hydrogen-bond acceptors (Lipinski definition) is 6. The van der Waals surface area contributed by atoms with E-state index in [9.17, 15) is 9.90 Å². The van der Waals surface area contributed by atoms with Crippen molar-refractivity contribution in [1.29, 1.82) is 0 Å². The van der Waals surface area contributed by atoms with Gasteiger partial charge in [0, 0.05) is 12.1 Å².